The van der Waals surface area contributed by atoms with Crippen LogP contribution in [0.1, 0.15) is 27.6 Å². The van der Waals surface area contributed by atoms with Gasteiger partial charge in [0.25, 0.3) is 5.91 Å². The molecule has 0 bridgehead atoms. The van der Waals surface area contributed by atoms with Crippen LogP contribution in [-0.4, -0.2) is 16.1 Å². The highest BCUT2D eigenvalue weighted by Gasteiger charge is 2.18. The highest BCUT2D eigenvalue weighted by atomic mass is 16.3. The third kappa shape index (κ3) is 2.53. The lowest BCUT2D eigenvalue weighted by Gasteiger charge is -2.06. The standard InChI is InChI=1S/C17H17N3O2/c1-10-9-14(12(3)22-10)17(21)18-15-11(2)19-20-16(15)13-7-5-4-6-8-13/h4-9H,1-3H3,(H,18,21)(H,19,20). The molecule has 5 heteroatoms. The molecule has 112 valence electrons. The number of carbonyl (C=O) groups is 1. The number of nitrogens with zero attached hydrogens (tertiary/aromatic N) is 1. The van der Waals surface area contributed by atoms with Gasteiger partial charge in [-0.2, -0.15) is 5.10 Å². The lowest BCUT2D eigenvalue weighted by Crippen LogP contribution is -2.13. The first-order valence-corrected chi connectivity index (χ1v) is 7.05. The molecule has 22 heavy (non-hydrogen) atoms. The van der Waals surface area contributed by atoms with Gasteiger partial charge in [0.2, 0.25) is 0 Å². The van der Waals surface area contributed by atoms with Gasteiger partial charge in [-0.25, -0.2) is 0 Å². The van der Waals surface area contributed by atoms with E-state index >= 15 is 0 Å². The molecule has 5 nitrogen and oxygen atoms in total. The quantitative estimate of drug-likeness (QED) is 0.771. The molecule has 0 unspecified atom stereocenters. The summed E-state index contributed by atoms with van der Waals surface area (Å²) in [5.74, 6) is 1.13. The van der Waals surface area contributed by atoms with Crippen molar-refractivity contribution >= 4 is 11.6 Å². The van der Waals surface area contributed by atoms with Crippen molar-refractivity contribution < 1.29 is 9.21 Å². The van der Waals surface area contributed by atoms with Gasteiger partial charge < -0.3 is 9.73 Å². The largest absolute Gasteiger partial charge is 0.466 e. The van der Waals surface area contributed by atoms with Crippen molar-refractivity contribution in [2.45, 2.75) is 20.8 Å². The maximum atomic E-state index is 12.5. The number of aromatic nitrogens is 2. The molecule has 2 heterocycles. The summed E-state index contributed by atoms with van der Waals surface area (Å²) in [5, 5.41) is 10.2. The summed E-state index contributed by atoms with van der Waals surface area (Å²) >= 11 is 0. The van der Waals surface area contributed by atoms with Crippen LogP contribution in [0.5, 0.6) is 0 Å². The second kappa shape index (κ2) is 5.52. The number of carbonyl (C=O) groups excluding carboxylic acids is 1. The minimum atomic E-state index is -0.198. The Bertz CT molecular complexity index is 816. The topological polar surface area (TPSA) is 70.9 Å². The fourth-order valence-corrected chi connectivity index (χ4v) is 2.42. The second-order valence-corrected chi connectivity index (χ2v) is 5.22. The van der Waals surface area contributed by atoms with Gasteiger partial charge in [0.1, 0.15) is 17.2 Å². The lowest BCUT2D eigenvalue weighted by atomic mass is 10.1. The van der Waals surface area contributed by atoms with E-state index < -0.39 is 0 Å². The van der Waals surface area contributed by atoms with E-state index in [1.807, 2.05) is 44.2 Å². The normalized spacial score (nSPS) is 10.7. The summed E-state index contributed by atoms with van der Waals surface area (Å²) in [6.07, 6.45) is 0. The Morgan fingerprint density at radius 2 is 1.91 bits per heavy atom. The van der Waals surface area contributed by atoms with Gasteiger partial charge in [-0.15, -0.1) is 0 Å². The summed E-state index contributed by atoms with van der Waals surface area (Å²) < 4.78 is 5.42. The van der Waals surface area contributed by atoms with Crippen LogP contribution >= 0.6 is 0 Å². The Kier molecular flexibility index (Phi) is 3.55. The third-order valence-electron chi connectivity index (χ3n) is 3.52. The van der Waals surface area contributed by atoms with Gasteiger partial charge in [-0.3, -0.25) is 9.89 Å². The molecule has 0 aliphatic rings. The SMILES string of the molecule is Cc1cc(C(=O)Nc2c(-c3ccccc3)n[nH]c2C)c(C)o1. The molecular formula is C17H17N3O2. The Morgan fingerprint density at radius 1 is 1.18 bits per heavy atom. The molecule has 3 rings (SSSR count). The number of nitrogens with one attached hydrogen (secondary N) is 2. The van der Waals surface area contributed by atoms with E-state index in [-0.39, 0.29) is 5.91 Å². The second-order valence-electron chi connectivity index (χ2n) is 5.22. The summed E-state index contributed by atoms with van der Waals surface area (Å²) in [7, 11) is 0. The minimum absolute atomic E-state index is 0.198. The lowest BCUT2D eigenvalue weighted by molar-refractivity contribution is 0.102. The molecule has 0 atom stereocenters. The maximum absolute atomic E-state index is 12.5. The number of furan rings is 1. The molecule has 0 aliphatic carbocycles. The monoisotopic (exact) mass is 295 g/mol. The number of hydrogen-bond donors (Lipinski definition) is 2. The number of amides is 1. The third-order valence-corrected chi connectivity index (χ3v) is 3.52. The number of aromatic amines is 1. The molecular weight excluding hydrogens is 278 g/mol. The predicted molar refractivity (Wildman–Crippen MR) is 84.9 cm³/mol. The van der Waals surface area contributed by atoms with Crippen molar-refractivity contribution in [2.75, 3.05) is 5.32 Å². The van der Waals surface area contributed by atoms with Gasteiger partial charge >= 0.3 is 0 Å². The maximum Gasteiger partial charge on any atom is 0.259 e. The molecule has 0 saturated heterocycles. The van der Waals surface area contributed by atoms with Crippen molar-refractivity contribution in [2.24, 2.45) is 0 Å². The van der Waals surface area contributed by atoms with Crippen LogP contribution in [0, 0.1) is 20.8 Å². The zero-order chi connectivity index (χ0) is 15.7. The van der Waals surface area contributed by atoms with Gasteiger partial charge in [0, 0.05) is 5.56 Å². The Labute approximate surface area is 128 Å². The summed E-state index contributed by atoms with van der Waals surface area (Å²) in [5.41, 5.74) is 3.71. The van der Waals surface area contributed by atoms with Gasteiger partial charge in [-0.05, 0) is 26.8 Å². The van der Waals surface area contributed by atoms with E-state index in [1.165, 1.54) is 0 Å². The fourth-order valence-electron chi connectivity index (χ4n) is 2.42. The molecule has 0 fully saturated rings. The van der Waals surface area contributed by atoms with E-state index in [0.717, 1.165) is 22.7 Å². The van der Waals surface area contributed by atoms with E-state index in [4.69, 9.17) is 4.42 Å². The Balaban J connectivity index is 1.95. The van der Waals surface area contributed by atoms with Crippen LogP contribution in [0.4, 0.5) is 5.69 Å². The highest BCUT2D eigenvalue weighted by molar-refractivity contribution is 6.07. The number of rotatable bonds is 3. The number of benzene rings is 1. The molecule has 0 radical (unpaired) electrons. The average molecular weight is 295 g/mol. The van der Waals surface area contributed by atoms with Crippen molar-refractivity contribution in [3.8, 4) is 11.3 Å². The number of H-pyrrole nitrogens is 1. The first-order valence-electron chi connectivity index (χ1n) is 7.05. The van der Waals surface area contributed by atoms with Crippen LogP contribution in [0.3, 0.4) is 0 Å². The minimum Gasteiger partial charge on any atom is -0.466 e. The molecule has 2 aromatic heterocycles. The summed E-state index contributed by atoms with van der Waals surface area (Å²) in [6, 6.07) is 11.5. The average Bonchev–Trinajstić information content (AvgIpc) is 3.03. The predicted octanol–water partition coefficient (Wildman–Crippen LogP) is 3.85. The van der Waals surface area contributed by atoms with Crippen LogP contribution in [0.25, 0.3) is 11.3 Å². The van der Waals surface area contributed by atoms with E-state index in [2.05, 4.69) is 15.5 Å². The molecule has 0 spiro atoms. The summed E-state index contributed by atoms with van der Waals surface area (Å²) in [6.45, 7) is 5.48. The van der Waals surface area contributed by atoms with E-state index in [1.54, 1.807) is 13.0 Å². The number of hydrogen-bond acceptors (Lipinski definition) is 3. The van der Waals surface area contributed by atoms with Crippen LogP contribution < -0.4 is 5.32 Å². The summed E-state index contributed by atoms with van der Waals surface area (Å²) in [4.78, 5) is 12.5. The fraction of sp³-hybridized carbons (Fsp3) is 0.176. The van der Waals surface area contributed by atoms with E-state index in [9.17, 15) is 4.79 Å². The van der Waals surface area contributed by atoms with E-state index in [0.29, 0.717) is 17.0 Å². The van der Waals surface area contributed by atoms with Crippen LogP contribution in [-0.2, 0) is 0 Å². The molecule has 1 amide bonds. The number of anilines is 1. The van der Waals surface area contributed by atoms with Crippen LogP contribution in [0.15, 0.2) is 40.8 Å². The van der Waals surface area contributed by atoms with Crippen molar-refractivity contribution in [1.82, 2.24) is 10.2 Å². The molecule has 2 N–H and O–H groups in total. The van der Waals surface area contributed by atoms with Crippen molar-refractivity contribution in [3.63, 3.8) is 0 Å². The van der Waals surface area contributed by atoms with Gasteiger partial charge in [0.15, 0.2) is 0 Å². The zero-order valence-corrected chi connectivity index (χ0v) is 12.7. The smallest absolute Gasteiger partial charge is 0.259 e. The molecule has 3 aromatic rings. The first kappa shape index (κ1) is 14.1. The van der Waals surface area contributed by atoms with Gasteiger partial charge in [-0.1, -0.05) is 30.3 Å². The Morgan fingerprint density at radius 3 is 2.55 bits per heavy atom. The molecule has 1 aromatic carbocycles. The first-order chi connectivity index (χ1) is 10.6. The zero-order valence-electron chi connectivity index (χ0n) is 12.7. The van der Waals surface area contributed by atoms with Gasteiger partial charge in [0.05, 0.1) is 16.9 Å². The number of aryl methyl sites for hydroxylation is 3. The molecule has 0 aliphatic heterocycles. The van der Waals surface area contributed by atoms with Crippen molar-refractivity contribution in [1.29, 1.82) is 0 Å². The molecule has 0 saturated carbocycles. The highest BCUT2D eigenvalue weighted by Crippen LogP contribution is 2.29. The Hall–Kier alpha value is -2.82. The van der Waals surface area contributed by atoms with Crippen molar-refractivity contribution in [3.05, 3.63) is 59.2 Å². The van der Waals surface area contributed by atoms with Crippen LogP contribution in [0.2, 0.25) is 0 Å².